The van der Waals surface area contributed by atoms with Crippen LogP contribution < -0.4 is 9.80 Å². The van der Waals surface area contributed by atoms with Gasteiger partial charge in [-0.25, -0.2) is 0 Å². The number of rotatable bonds is 8. The molecule has 2 amide bonds. The van der Waals surface area contributed by atoms with Gasteiger partial charge in [-0.2, -0.15) is 0 Å². The molecule has 6 aromatic carbocycles. The van der Waals surface area contributed by atoms with E-state index in [4.69, 9.17) is 0 Å². The number of benzene rings is 6. The zero-order chi connectivity index (χ0) is 38.0. The second-order valence-electron chi connectivity index (χ2n) is 14.3. The van der Waals surface area contributed by atoms with E-state index in [9.17, 15) is 4.79 Å². The van der Waals surface area contributed by atoms with Crippen LogP contribution in [-0.2, 0) is 15.0 Å². The number of likely N-dealkylation sites (N-methyl/N-ethyl adjacent to an activating group) is 1. The molecule has 0 spiro atoms. The molecule has 0 heterocycles. The van der Waals surface area contributed by atoms with Crippen molar-refractivity contribution in [1.29, 1.82) is 0 Å². The Morgan fingerprint density at radius 3 is 1.28 bits per heavy atom. The van der Waals surface area contributed by atoms with Crippen LogP contribution >= 0.6 is 0 Å². The quantitative estimate of drug-likeness (QED) is 0.148. The van der Waals surface area contributed by atoms with Crippen molar-refractivity contribution in [3.05, 3.63) is 219 Å². The van der Waals surface area contributed by atoms with Crippen molar-refractivity contribution >= 4 is 28.8 Å². The van der Waals surface area contributed by atoms with Gasteiger partial charge in [0, 0.05) is 31.5 Å². The van der Waals surface area contributed by atoms with Crippen molar-refractivity contribution < 1.29 is 9.59 Å². The Hall–Kier alpha value is -6.26. The van der Waals surface area contributed by atoms with Gasteiger partial charge in [-0.15, -0.1) is 0 Å². The first-order valence-corrected chi connectivity index (χ1v) is 18.5. The molecule has 0 N–H and O–H groups in total. The van der Waals surface area contributed by atoms with Crippen molar-refractivity contribution in [3.8, 4) is 0 Å². The van der Waals surface area contributed by atoms with Crippen molar-refractivity contribution in [1.82, 2.24) is 0 Å². The average molecular weight is 707 g/mol. The number of hydrogen-bond donors (Lipinski definition) is 0. The molecule has 1 fully saturated rings. The fourth-order valence-corrected chi connectivity index (χ4v) is 8.65. The number of nitrogens with zero attached hydrogens (tertiary/aromatic N) is 2. The summed E-state index contributed by atoms with van der Waals surface area (Å²) in [6.07, 6.45) is 1.80. The van der Waals surface area contributed by atoms with Crippen molar-refractivity contribution in [2.75, 3.05) is 23.9 Å². The number of carbonyl (C=O) groups is 2. The topological polar surface area (TPSA) is 40.6 Å². The molecule has 1 aliphatic rings. The molecule has 0 radical (unpaired) electrons. The third kappa shape index (κ3) is 6.18. The molecule has 1 atom stereocenters. The van der Waals surface area contributed by atoms with Crippen LogP contribution in [0.15, 0.2) is 175 Å². The minimum absolute atomic E-state index is 0.0489. The second kappa shape index (κ2) is 15.0. The van der Waals surface area contributed by atoms with Gasteiger partial charge in [-0.3, -0.25) is 9.59 Å². The lowest BCUT2D eigenvalue weighted by Crippen LogP contribution is -2.57. The molecule has 4 heteroatoms. The van der Waals surface area contributed by atoms with Crippen LogP contribution in [0.4, 0.5) is 11.4 Å². The number of allylic oxidation sites excluding steroid dienone is 1. The monoisotopic (exact) mass is 706 g/mol. The average Bonchev–Trinajstić information content (AvgIpc) is 3.19. The number of para-hydroxylation sites is 2. The van der Waals surface area contributed by atoms with Gasteiger partial charge >= 0.3 is 0 Å². The number of anilines is 2. The van der Waals surface area contributed by atoms with Gasteiger partial charge in [0.15, 0.2) is 0 Å². The van der Waals surface area contributed by atoms with E-state index in [1.165, 1.54) is 0 Å². The van der Waals surface area contributed by atoms with Gasteiger partial charge in [-0.05, 0) is 88.9 Å². The maximum absolute atomic E-state index is 15.8. The van der Waals surface area contributed by atoms with Crippen molar-refractivity contribution in [3.63, 3.8) is 0 Å². The maximum Gasteiger partial charge on any atom is 0.251 e. The highest BCUT2D eigenvalue weighted by Crippen LogP contribution is 2.63. The summed E-state index contributed by atoms with van der Waals surface area (Å²) < 4.78 is 0. The predicted molar refractivity (Wildman–Crippen MR) is 223 cm³/mol. The SMILES string of the molecule is Cc1cccc(C)c1N(C)C(=O)C=C1C(=C(c2ccccc2)c2ccccc2)C(C(=O)N(C)c2c(C)cccc2C)C1(c1ccccc1)c1ccccc1. The standard InChI is InChI=1S/C50H46N2O2/c1-34-21-19-22-35(2)47(34)51(5)43(53)33-42-45(44(38-25-11-7-12-26-38)39-27-13-8-14-28-39)46(49(54)52(6)48-36(3)23-20-24-37(48)4)50(42,40-29-15-9-16-30-40)41-31-17-10-18-32-41/h7-33,46H,1-6H3. The molecule has 1 unspecified atom stereocenters. The van der Waals surface area contributed by atoms with E-state index in [0.717, 1.165) is 72.6 Å². The maximum atomic E-state index is 15.8. The van der Waals surface area contributed by atoms with Gasteiger partial charge in [0.05, 0.1) is 11.3 Å². The van der Waals surface area contributed by atoms with E-state index in [0.29, 0.717) is 0 Å². The lowest BCUT2D eigenvalue weighted by molar-refractivity contribution is -0.123. The third-order valence-electron chi connectivity index (χ3n) is 11.0. The number of aryl methyl sites for hydroxylation is 4. The molecule has 0 aliphatic heterocycles. The smallest absolute Gasteiger partial charge is 0.251 e. The zero-order valence-corrected chi connectivity index (χ0v) is 31.9. The molecule has 7 rings (SSSR count). The lowest BCUT2D eigenvalue weighted by Gasteiger charge is -2.55. The van der Waals surface area contributed by atoms with Crippen LogP contribution in [0.25, 0.3) is 5.57 Å². The fraction of sp³-hybridized carbons (Fsp3) is 0.160. The van der Waals surface area contributed by atoms with Crippen molar-refractivity contribution in [2.24, 2.45) is 5.92 Å². The zero-order valence-electron chi connectivity index (χ0n) is 31.9. The summed E-state index contributed by atoms with van der Waals surface area (Å²) in [4.78, 5) is 34.3. The highest BCUT2D eigenvalue weighted by molar-refractivity contribution is 6.10. The first-order valence-electron chi connectivity index (χ1n) is 18.5. The summed E-state index contributed by atoms with van der Waals surface area (Å²) in [5, 5.41) is 0. The van der Waals surface area contributed by atoms with E-state index in [1.54, 1.807) is 11.0 Å². The largest absolute Gasteiger partial charge is 0.314 e. The Bertz CT molecular complexity index is 2260. The van der Waals surface area contributed by atoms with Crippen LogP contribution in [0, 0.1) is 33.6 Å². The predicted octanol–water partition coefficient (Wildman–Crippen LogP) is 10.6. The number of amides is 2. The summed E-state index contributed by atoms with van der Waals surface area (Å²) >= 11 is 0. The van der Waals surface area contributed by atoms with Gasteiger partial charge in [0.2, 0.25) is 5.91 Å². The first kappa shape index (κ1) is 36.1. The van der Waals surface area contributed by atoms with E-state index in [-0.39, 0.29) is 11.8 Å². The molecule has 0 saturated heterocycles. The number of hydrogen-bond acceptors (Lipinski definition) is 2. The van der Waals surface area contributed by atoms with E-state index in [2.05, 4.69) is 74.5 Å². The van der Waals surface area contributed by atoms with Crippen LogP contribution in [0.5, 0.6) is 0 Å². The summed E-state index contributed by atoms with van der Waals surface area (Å²) in [5.41, 5.74) is 11.3. The van der Waals surface area contributed by atoms with Crippen LogP contribution in [-0.4, -0.2) is 25.9 Å². The molecule has 268 valence electrons. The van der Waals surface area contributed by atoms with E-state index < -0.39 is 11.3 Å². The van der Waals surface area contributed by atoms with Gasteiger partial charge < -0.3 is 9.80 Å². The van der Waals surface area contributed by atoms with Crippen molar-refractivity contribution in [2.45, 2.75) is 33.1 Å². The molecule has 54 heavy (non-hydrogen) atoms. The summed E-state index contributed by atoms with van der Waals surface area (Å²) in [6, 6.07) is 53.2. The second-order valence-corrected chi connectivity index (χ2v) is 14.3. The van der Waals surface area contributed by atoms with Crippen LogP contribution in [0.3, 0.4) is 0 Å². The molecule has 0 aromatic heterocycles. The lowest BCUT2D eigenvalue weighted by atomic mass is 9.46. The highest BCUT2D eigenvalue weighted by Gasteiger charge is 2.62. The molecule has 1 saturated carbocycles. The molecular formula is C50H46N2O2. The normalized spacial score (nSPS) is 15.3. The summed E-state index contributed by atoms with van der Waals surface area (Å²) in [5.74, 6) is -0.913. The summed E-state index contributed by atoms with van der Waals surface area (Å²) in [6.45, 7) is 8.18. The molecular weight excluding hydrogens is 661 g/mol. The minimum Gasteiger partial charge on any atom is -0.314 e. The van der Waals surface area contributed by atoms with E-state index in [1.807, 2.05) is 130 Å². The first-order chi connectivity index (χ1) is 26.2. The molecule has 4 nitrogen and oxygen atoms in total. The van der Waals surface area contributed by atoms with Gasteiger partial charge in [0.25, 0.3) is 5.91 Å². The molecule has 1 aliphatic carbocycles. The third-order valence-corrected chi connectivity index (χ3v) is 11.0. The van der Waals surface area contributed by atoms with Crippen LogP contribution in [0.2, 0.25) is 0 Å². The number of carbonyl (C=O) groups excluding carboxylic acids is 2. The Morgan fingerprint density at radius 2 is 0.870 bits per heavy atom. The van der Waals surface area contributed by atoms with Gasteiger partial charge in [-0.1, -0.05) is 158 Å². The molecule has 0 bridgehead atoms. The fourth-order valence-electron chi connectivity index (χ4n) is 8.65. The van der Waals surface area contributed by atoms with E-state index >= 15 is 4.79 Å². The Kier molecular flexibility index (Phi) is 10.0. The Balaban J connectivity index is 1.61. The minimum atomic E-state index is -1.01. The Labute approximate surface area is 319 Å². The van der Waals surface area contributed by atoms with Gasteiger partial charge in [0.1, 0.15) is 0 Å². The molecule has 6 aromatic rings. The summed E-state index contributed by atoms with van der Waals surface area (Å²) in [7, 11) is 3.73. The van der Waals surface area contributed by atoms with Crippen LogP contribution in [0.1, 0.15) is 44.5 Å². The highest BCUT2D eigenvalue weighted by atomic mass is 16.2. The Morgan fingerprint density at radius 1 is 0.500 bits per heavy atom.